The van der Waals surface area contributed by atoms with Gasteiger partial charge in [-0.15, -0.1) is 0 Å². The highest BCUT2D eigenvalue weighted by Crippen LogP contribution is 2.26. The quantitative estimate of drug-likeness (QED) is 0.791. The fourth-order valence-electron chi connectivity index (χ4n) is 2.45. The maximum Gasteiger partial charge on any atom is 0.313 e. The number of para-hydroxylation sites is 1. The number of benzene rings is 2. The molecule has 5 nitrogen and oxygen atoms in total. The van der Waals surface area contributed by atoms with Crippen molar-refractivity contribution in [1.29, 1.82) is 0 Å². The van der Waals surface area contributed by atoms with Crippen LogP contribution in [-0.2, 0) is 16.1 Å². The third-order valence-corrected chi connectivity index (χ3v) is 4.17. The number of nitrogens with one attached hydrogen (secondary N) is 2. The van der Waals surface area contributed by atoms with Crippen LogP contribution in [0.5, 0.6) is 5.75 Å². The second-order valence-electron chi connectivity index (χ2n) is 5.88. The van der Waals surface area contributed by atoms with Gasteiger partial charge in [0.1, 0.15) is 5.75 Å². The first-order valence-electron chi connectivity index (χ1n) is 8.36. The predicted octanol–water partition coefficient (Wildman–Crippen LogP) is 3.46. The molecule has 2 rings (SSSR count). The van der Waals surface area contributed by atoms with Gasteiger partial charge in [0, 0.05) is 12.2 Å². The van der Waals surface area contributed by atoms with Crippen molar-refractivity contribution in [3.8, 4) is 5.75 Å². The summed E-state index contributed by atoms with van der Waals surface area (Å²) in [5.74, 6) is -0.271. The zero-order chi connectivity index (χ0) is 18.2. The summed E-state index contributed by atoms with van der Waals surface area (Å²) >= 11 is 0. The van der Waals surface area contributed by atoms with Crippen LogP contribution >= 0.6 is 0 Å². The molecule has 1 atom stereocenters. The van der Waals surface area contributed by atoms with Gasteiger partial charge >= 0.3 is 11.8 Å². The summed E-state index contributed by atoms with van der Waals surface area (Å²) in [4.78, 5) is 24.2. The molecule has 0 radical (unpaired) electrons. The zero-order valence-corrected chi connectivity index (χ0v) is 14.8. The predicted molar refractivity (Wildman–Crippen MR) is 98.6 cm³/mol. The van der Waals surface area contributed by atoms with E-state index in [-0.39, 0.29) is 6.54 Å². The molecular weight excluding hydrogens is 316 g/mol. The Labute approximate surface area is 148 Å². The maximum atomic E-state index is 12.2. The number of rotatable bonds is 6. The topological polar surface area (TPSA) is 67.4 Å². The van der Waals surface area contributed by atoms with Crippen molar-refractivity contribution in [2.24, 2.45) is 0 Å². The number of carbonyl (C=O) groups is 2. The Morgan fingerprint density at radius 2 is 1.72 bits per heavy atom. The van der Waals surface area contributed by atoms with Gasteiger partial charge in [-0.1, -0.05) is 44.2 Å². The second kappa shape index (κ2) is 8.87. The third kappa shape index (κ3) is 5.08. The first-order chi connectivity index (χ1) is 12.0. The minimum Gasteiger partial charge on any atom is -0.497 e. The molecule has 0 aromatic heterocycles. The molecular formula is C20H24N2O3. The molecule has 0 aliphatic rings. The van der Waals surface area contributed by atoms with E-state index in [1.807, 2.05) is 48.5 Å². The van der Waals surface area contributed by atoms with Crippen molar-refractivity contribution in [2.75, 3.05) is 12.4 Å². The molecule has 0 spiro atoms. The van der Waals surface area contributed by atoms with Crippen LogP contribution in [0, 0.1) is 0 Å². The zero-order valence-electron chi connectivity index (χ0n) is 14.8. The van der Waals surface area contributed by atoms with E-state index in [9.17, 15) is 9.59 Å². The monoisotopic (exact) mass is 340 g/mol. The molecule has 2 amide bonds. The van der Waals surface area contributed by atoms with Crippen LogP contribution in [0.15, 0.2) is 48.5 Å². The van der Waals surface area contributed by atoms with E-state index in [0.29, 0.717) is 11.6 Å². The van der Waals surface area contributed by atoms with Crippen LogP contribution in [0.25, 0.3) is 0 Å². The van der Waals surface area contributed by atoms with Crippen molar-refractivity contribution in [3.63, 3.8) is 0 Å². The first-order valence-corrected chi connectivity index (χ1v) is 8.36. The van der Waals surface area contributed by atoms with Crippen LogP contribution < -0.4 is 15.4 Å². The molecule has 0 aliphatic carbocycles. The molecule has 0 saturated carbocycles. The highest BCUT2D eigenvalue weighted by Gasteiger charge is 2.16. The highest BCUT2D eigenvalue weighted by atomic mass is 16.5. The van der Waals surface area contributed by atoms with Gasteiger partial charge in [0.05, 0.1) is 7.11 Å². The fraction of sp³-hybridized carbons (Fsp3) is 0.300. The number of ether oxygens (including phenoxy) is 1. The van der Waals surface area contributed by atoms with Gasteiger partial charge in [-0.3, -0.25) is 9.59 Å². The first kappa shape index (κ1) is 18.5. The molecule has 1 unspecified atom stereocenters. The molecule has 2 N–H and O–H groups in total. The minimum atomic E-state index is -0.663. The van der Waals surface area contributed by atoms with Crippen molar-refractivity contribution in [1.82, 2.24) is 5.32 Å². The van der Waals surface area contributed by atoms with Crippen molar-refractivity contribution in [2.45, 2.75) is 32.7 Å². The maximum absolute atomic E-state index is 12.2. The van der Waals surface area contributed by atoms with Gasteiger partial charge in [0.15, 0.2) is 0 Å². The molecule has 0 fully saturated rings. The lowest BCUT2D eigenvalue weighted by Crippen LogP contribution is -2.35. The van der Waals surface area contributed by atoms with Gasteiger partial charge in [0.25, 0.3) is 0 Å². The van der Waals surface area contributed by atoms with E-state index >= 15 is 0 Å². The lowest BCUT2D eigenvalue weighted by molar-refractivity contribution is -0.136. The Hall–Kier alpha value is -2.82. The van der Waals surface area contributed by atoms with Crippen LogP contribution in [0.4, 0.5) is 5.69 Å². The molecule has 0 heterocycles. The standard InChI is InChI=1S/C20H24N2O3/c1-4-14(2)17-7-5-6-8-18(17)22-20(24)19(23)21-13-15-9-11-16(25-3)12-10-15/h5-12,14H,4,13H2,1-3H3,(H,21,23)(H,22,24). The minimum absolute atomic E-state index is 0.281. The Balaban J connectivity index is 1.95. The lowest BCUT2D eigenvalue weighted by atomic mass is 9.97. The van der Waals surface area contributed by atoms with Gasteiger partial charge in [-0.25, -0.2) is 0 Å². The summed E-state index contributed by atoms with van der Waals surface area (Å²) in [6, 6.07) is 14.9. The SMILES string of the molecule is CCC(C)c1ccccc1NC(=O)C(=O)NCc1ccc(OC)cc1. The van der Waals surface area contributed by atoms with Crippen LogP contribution in [0.1, 0.15) is 37.3 Å². The van der Waals surface area contributed by atoms with Crippen LogP contribution in [0.3, 0.4) is 0 Å². The lowest BCUT2D eigenvalue weighted by Gasteiger charge is -2.15. The Kier molecular flexibility index (Phi) is 6.57. The van der Waals surface area contributed by atoms with Gasteiger partial charge in [0.2, 0.25) is 0 Å². The molecule has 2 aromatic rings. The fourth-order valence-corrected chi connectivity index (χ4v) is 2.45. The number of hydrogen-bond acceptors (Lipinski definition) is 3. The van der Waals surface area contributed by atoms with Gasteiger partial charge < -0.3 is 15.4 Å². The summed E-state index contributed by atoms with van der Waals surface area (Å²) in [6.45, 7) is 4.46. The number of amides is 2. The van der Waals surface area contributed by atoms with Crippen molar-refractivity contribution in [3.05, 3.63) is 59.7 Å². The molecule has 2 aromatic carbocycles. The van der Waals surface area contributed by atoms with Crippen LogP contribution in [-0.4, -0.2) is 18.9 Å². The van der Waals surface area contributed by atoms with Gasteiger partial charge in [-0.2, -0.15) is 0 Å². The number of hydrogen-bond donors (Lipinski definition) is 2. The summed E-state index contributed by atoms with van der Waals surface area (Å²) in [7, 11) is 1.60. The largest absolute Gasteiger partial charge is 0.497 e. The average molecular weight is 340 g/mol. The number of methoxy groups -OCH3 is 1. The molecule has 0 bridgehead atoms. The van der Waals surface area contributed by atoms with Crippen molar-refractivity contribution >= 4 is 17.5 Å². The molecule has 0 saturated heterocycles. The number of anilines is 1. The Morgan fingerprint density at radius 1 is 1.04 bits per heavy atom. The van der Waals surface area contributed by atoms with E-state index in [2.05, 4.69) is 24.5 Å². The molecule has 132 valence electrons. The smallest absolute Gasteiger partial charge is 0.313 e. The van der Waals surface area contributed by atoms with Crippen molar-refractivity contribution < 1.29 is 14.3 Å². The summed E-state index contributed by atoms with van der Waals surface area (Å²) < 4.78 is 5.09. The summed E-state index contributed by atoms with van der Waals surface area (Å²) in [5, 5.41) is 5.34. The number of carbonyl (C=O) groups excluding carboxylic acids is 2. The summed E-state index contributed by atoms with van der Waals surface area (Å²) in [5.41, 5.74) is 2.60. The molecule has 25 heavy (non-hydrogen) atoms. The van der Waals surface area contributed by atoms with E-state index in [0.717, 1.165) is 23.3 Å². The van der Waals surface area contributed by atoms with E-state index in [4.69, 9.17) is 4.74 Å². The Morgan fingerprint density at radius 3 is 2.36 bits per heavy atom. The Bertz CT molecular complexity index is 726. The normalized spacial score (nSPS) is 11.5. The average Bonchev–Trinajstić information content (AvgIpc) is 2.66. The van der Waals surface area contributed by atoms with Crippen LogP contribution in [0.2, 0.25) is 0 Å². The second-order valence-corrected chi connectivity index (χ2v) is 5.88. The van der Waals surface area contributed by atoms with Gasteiger partial charge in [-0.05, 0) is 41.7 Å². The molecule has 5 heteroatoms. The summed E-state index contributed by atoms with van der Waals surface area (Å²) in [6.07, 6.45) is 0.955. The van der Waals surface area contributed by atoms with E-state index in [1.54, 1.807) is 7.11 Å². The van der Waals surface area contributed by atoms with E-state index < -0.39 is 11.8 Å². The molecule has 0 aliphatic heterocycles. The highest BCUT2D eigenvalue weighted by molar-refractivity contribution is 6.39. The third-order valence-electron chi connectivity index (χ3n) is 4.17. The van der Waals surface area contributed by atoms with E-state index in [1.165, 1.54) is 0 Å².